The minimum Gasteiger partial charge on any atom is -0.399 e. The number of nitrogens with two attached hydrogens (primary N) is 2. The molecule has 0 fully saturated rings. The van der Waals surface area contributed by atoms with E-state index in [0.29, 0.717) is 5.56 Å². The number of benzene rings is 2. The maximum Gasteiger partial charge on any atom is 0.248 e. The Morgan fingerprint density at radius 2 is 1.84 bits per heavy atom. The maximum atomic E-state index is 11.0. The molecule has 0 saturated heterocycles. The summed E-state index contributed by atoms with van der Waals surface area (Å²) in [6, 6.07) is 13.3. The molecule has 3 nitrogen and oxygen atoms in total. The van der Waals surface area contributed by atoms with Crippen molar-refractivity contribution in [3.63, 3.8) is 0 Å². The van der Waals surface area contributed by atoms with E-state index in [4.69, 9.17) is 11.5 Å². The van der Waals surface area contributed by atoms with Gasteiger partial charge >= 0.3 is 0 Å². The van der Waals surface area contributed by atoms with Crippen molar-refractivity contribution in [2.75, 3.05) is 5.73 Å². The summed E-state index contributed by atoms with van der Waals surface area (Å²) in [4.78, 5) is 12.2. The predicted octanol–water partition coefficient (Wildman–Crippen LogP) is 2.97. The molecule has 0 aromatic heterocycles. The molecule has 0 heterocycles. The van der Waals surface area contributed by atoms with Crippen molar-refractivity contribution in [3.8, 4) is 0 Å². The van der Waals surface area contributed by atoms with Gasteiger partial charge in [-0.05, 0) is 42.3 Å². The Labute approximate surface area is 117 Å². The van der Waals surface area contributed by atoms with E-state index in [-0.39, 0.29) is 0 Å². The first-order valence-corrected chi connectivity index (χ1v) is 6.92. The van der Waals surface area contributed by atoms with Gasteiger partial charge in [0.15, 0.2) is 0 Å². The van der Waals surface area contributed by atoms with Gasteiger partial charge in [-0.15, -0.1) is 11.8 Å². The van der Waals surface area contributed by atoms with Gasteiger partial charge in [-0.1, -0.05) is 18.2 Å². The molecule has 0 spiro atoms. The normalized spacial score (nSPS) is 10.4. The average Bonchev–Trinajstić information content (AvgIpc) is 2.40. The molecule has 1 amide bonds. The Hall–Kier alpha value is -1.94. The van der Waals surface area contributed by atoms with Crippen LogP contribution in [0.4, 0.5) is 5.69 Å². The third kappa shape index (κ3) is 3.51. The van der Waals surface area contributed by atoms with E-state index in [1.54, 1.807) is 23.9 Å². The second-order valence-corrected chi connectivity index (χ2v) is 5.39. The third-order valence-corrected chi connectivity index (χ3v) is 4.07. The van der Waals surface area contributed by atoms with Gasteiger partial charge in [0.2, 0.25) is 5.91 Å². The molecule has 0 radical (unpaired) electrons. The Morgan fingerprint density at radius 1 is 1.16 bits per heavy atom. The van der Waals surface area contributed by atoms with E-state index < -0.39 is 5.91 Å². The predicted molar refractivity (Wildman–Crippen MR) is 80.1 cm³/mol. The van der Waals surface area contributed by atoms with Crippen LogP contribution < -0.4 is 11.5 Å². The lowest BCUT2D eigenvalue weighted by Gasteiger charge is -2.07. The summed E-state index contributed by atoms with van der Waals surface area (Å²) in [5.41, 5.74) is 14.7. The summed E-state index contributed by atoms with van der Waals surface area (Å²) >= 11 is 1.73. The molecule has 0 atom stereocenters. The van der Waals surface area contributed by atoms with Gasteiger partial charge in [-0.2, -0.15) is 0 Å². The zero-order chi connectivity index (χ0) is 13.8. The number of aryl methyl sites for hydroxylation is 1. The van der Waals surface area contributed by atoms with Crippen LogP contribution in [-0.4, -0.2) is 5.91 Å². The molecule has 98 valence electrons. The Bertz CT molecular complexity index is 594. The highest BCUT2D eigenvalue weighted by molar-refractivity contribution is 7.98. The molecule has 0 unspecified atom stereocenters. The van der Waals surface area contributed by atoms with E-state index in [1.165, 1.54) is 10.5 Å². The van der Waals surface area contributed by atoms with Crippen molar-refractivity contribution in [3.05, 3.63) is 59.2 Å². The van der Waals surface area contributed by atoms with Crippen LogP contribution in [0.5, 0.6) is 0 Å². The first kappa shape index (κ1) is 13.5. The Balaban J connectivity index is 2.06. The van der Waals surface area contributed by atoms with Crippen molar-refractivity contribution in [2.45, 2.75) is 17.6 Å². The molecule has 2 rings (SSSR count). The quantitative estimate of drug-likeness (QED) is 0.664. The number of hydrogen-bond acceptors (Lipinski definition) is 3. The highest BCUT2D eigenvalue weighted by atomic mass is 32.2. The van der Waals surface area contributed by atoms with Gasteiger partial charge in [0.05, 0.1) is 0 Å². The van der Waals surface area contributed by atoms with Crippen molar-refractivity contribution in [1.29, 1.82) is 0 Å². The molecule has 0 aliphatic rings. The largest absolute Gasteiger partial charge is 0.399 e. The van der Waals surface area contributed by atoms with Gasteiger partial charge in [0.1, 0.15) is 0 Å². The number of carbonyl (C=O) groups excluding carboxylic acids is 1. The second-order valence-electron chi connectivity index (χ2n) is 4.37. The highest BCUT2D eigenvalue weighted by Crippen LogP contribution is 2.27. The lowest BCUT2D eigenvalue weighted by molar-refractivity contribution is 0.100. The highest BCUT2D eigenvalue weighted by Gasteiger charge is 2.03. The van der Waals surface area contributed by atoms with Crippen molar-refractivity contribution < 1.29 is 4.79 Å². The molecule has 0 aliphatic heterocycles. The molecule has 0 aliphatic carbocycles. The van der Waals surface area contributed by atoms with Crippen LogP contribution in [0.3, 0.4) is 0 Å². The van der Waals surface area contributed by atoms with Crippen LogP contribution in [0.15, 0.2) is 47.4 Å². The maximum absolute atomic E-state index is 11.0. The van der Waals surface area contributed by atoms with Crippen LogP contribution in [0, 0.1) is 6.92 Å². The molecule has 0 saturated carbocycles. The fourth-order valence-corrected chi connectivity index (χ4v) is 2.73. The zero-order valence-corrected chi connectivity index (χ0v) is 11.5. The summed E-state index contributed by atoms with van der Waals surface area (Å²) in [5, 5.41) is 0. The number of primary amides is 1. The summed E-state index contributed by atoms with van der Waals surface area (Å²) in [5.74, 6) is 0.439. The van der Waals surface area contributed by atoms with E-state index >= 15 is 0 Å². The minimum absolute atomic E-state index is 0.397. The molecule has 2 aromatic carbocycles. The van der Waals surface area contributed by atoms with Gasteiger partial charge in [0.25, 0.3) is 0 Å². The van der Waals surface area contributed by atoms with Gasteiger partial charge in [-0.25, -0.2) is 0 Å². The topological polar surface area (TPSA) is 69.1 Å². The van der Waals surface area contributed by atoms with Gasteiger partial charge in [0, 0.05) is 21.9 Å². The van der Waals surface area contributed by atoms with E-state index in [2.05, 4.69) is 6.92 Å². The number of carbonyl (C=O) groups is 1. The van der Waals surface area contributed by atoms with Crippen LogP contribution >= 0.6 is 11.8 Å². The average molecular weight is 272 g/mol. The van der Waals surface area contributed by atoms with E-state index in [9.17, 15) is 4.79 Å². The third-order valence-electron chi connectivity index (χ3n) is 2.84. The van der Waals surface area contributed by atoms with Gasteiger partial charge < -0.3 is 11.5 Å². The first-order valence-electron chi connectivity index (χ1n) is 5.94. The van der Waals surface area contributed by atoms with E-state index in [0.717, 1.165) is 17.0 Å². The Morgan fingerprint density at radius 3 is 2.47 bits per heavy atom. The monoisotopic (exact) mass is 272 g/mol. The minimum atomic E-state index is -0.397. The number of anilines is 1. The van der Waals surface area contributed by atoms with Crippen molar-refractivity contribution in [2.24, 2.45) is 5.73 Å². The van der Waals surface area contributed by atoms with Crippen LogP contribution in [0.25, 0.3) is 0 Å². The number of hydrogen-bond donors (Lipinski definition) is 2. The molecule has 4 N–H and O–H groups in total. The number of nitrogen functional groups attached to an aromatic ring is 1. The summed E-state index contributed by atoms with van der Waals surface area (Å²) in [6.07, 6.45) is 0. The van der Waals surface area contributed by atoms with Crippen molar-refractivity contribution in [1.82, 2.24) is 0 Å². The summed E-state index contributed by atoms with van der Waals surface area (Å²) in [6.45, 7) is 2.07. The fourth-order valence-electron chi connectivity index (χ4n) is 1.70. The van der Waals surface area contributed by atoms with Crippen LogP contribution in [0.1, 0.15) is 21.5 Å². The molecule has 4 heteroatoms. The molecule has 2 aromatic rings. The van der Waals surface area contributed by atoms with Crippen LogP contribution in [-0.2, 0) is 5.75 Å². The lowest BCUT2D eigenvalue weighted by Crippen LogP contribution is -2.10. The fraction of sp³-hybridized carbons (Fsp3) is 0.133. The SMILES string of the molecule is Cc1ccc(N)cc1SCc1ccc(C(N)=O)cc1. The van der Waals surface area contributed by atoms with Crippen molar-refractivity contribution >= 4 is 23.4 Å². The molecular weight excluding hydrogens is 256 g/mol. The smallest absolute Gasteiger partial charge is 0.248 e. The molecule has 19 heavy (non-hydrogen) atoms. The molecular formula is C15H16N2OS. The zero-order valence-electron chi connectivity index (χ0n) is 10.7. The van der Waals surface area contributed by atoms with Gasteiger partial charge in [-0.3, -0.25) is 4.79 Å². The first-order chi connectivity index (χ1) is 9.06. The summed E-state index contributed by atoms with van der Waals surface area (Å²) < 4.78 is 0. The summed E-state index contributed by atoms with van der Waals surface area (Å²) in [7, 11) is 0. The molecule has 0 bridgehead atoms. The number of thioether (sulfide) groups is 1. The lowest BCUT2D eigenvalue weighted by atomic mass is 10.1. The van der Waals surface area contributed by atoms with E-state index in [1.807, 2.05) is 30.3 Å². The second kappa shape index (κ2) is 5.80. The Kier molecular flexibility index (Phi) is 4.12. The number of amides is 1. The standard InChI is InChI=1S/C15H16N2OS/c1-10-2-7-13(16)8-14(10)19-9-11-3-5-12(6-4-11)15(17)18/h2-8H,9,16H2,1H3,(H2,17,18). The van der Waals surface area contributed by atoms with Crippen LogP contribution in [0.2, 0.25) is 0 Å². The number of rotatable bonds is 4.